The average molecular weight is 282 g/mol. The maximum absolute atomic E-state index is 14.1. The van der Waals surface area contributed by atoms with Crippen LogP contribution < -0.4 is 10.6 Å². The van der Waals surface area contributed by atoms with Crippen molar-refractivity contribution < 1.29 is 4.39 Å². The lowest BCUT2D eigenvalue weighted by Gasteiger charge is -2.24. The number of hydrogen-bond acceptors (Lipinski definition) is 4. The lowest BCUT2D eigenvalue weighted by Crippen LogP contribution is -2.20. The number of nitrogen functional groups attached to an aromatic ring is 1. The van der Waals surface area contributed by atoms with Gasteiger partial charge in [-0.2, -0.15) is 4.98 Å². The third kappa shape index (κ3) is 2.38. The van der Waals surface area contributed by atoms with Crippen LogP contribution in [0.4, 0.5) is 21.8 Å². The molecule has 0 saturated carbocycles. The van der Waals surface area contributed by atoms with Crippen LogP contribution in [0.2, 0.25) is 0 Å². The summed E-state index contributed by atoms with van der Waals surface area (Å²) in [5.74, 6) is -0.231. The molecule has 2 aromatic carbocycles. The number of nitrogens with zero attached hydrogens (tertiary/aromatic N) is 3. The van der Waals surface area contributed by atoms with Crippen molar-refractivity contribution in [2.45, 2.75) is 6.92 Å². The highest BCUT2D eigenvalue weighted by atomic mass is 19.1. The van der Waals surface area contributed by atoms with E-state index in [4.69, 9.17) is 5.73 Å². The zero-order valence-electron chi connectivity index (χ0n) is 11.6. The van der Waals surface area contributed by atoms with E-state index in [0.29, 0.717) is 6.54 Å². The molecule has 1 heterocycles. The van der Waals surface area contributed by atoms with Crippen LogP contribution in [0.3, 0.4) is 0 Å². The van der Waals surface area contributed by atoms with Crippen LogP contribution in [0, 0.1) is 5.82 Å². The van der Waals surface area contributed by atoms with Crippen molar-refractivity contribution in [3.63, 3.8) is 0 Å². The third-order valence-electron chi connectivity index (χ3n) is 3.37. The Labute approximate surface area is 122 Å². The first-order valence-electron chi connectivity index (χ1n) is 6.74. The van der Waals surface area contributed by atoms with E-state index in [1.165, 1.54) is 0 Å². The van der Waals surface area contributed by atoms with Gasteiger partial charge >= 0.3 is 0 Å². The molecule has 106 valence electrons. The number of aromatic nitrogens is 2. The molecule has 1 aromatic heterocycles. The molecule has 0 bridgehead atoms. The van der Waals surface area contributed by atoms with E-state index >= 15 is 0 Å². The fourth-order valence-electron chi connectivity index (χ4n) is 2.44. The zero-order valence-corrected chi connectivity index (χ0v) is 11.6. The highest BCUT2D eigenvalue weighted by Gasteiger charge is 2.16. The number of hydrogen-bond donors (Lipinski definition) is 1. The third-order valence-corrected chi connectivity index (χ3v) is 3.37. The Morgan fingerprint density at radius 2 is 1.90 bits per heavy atom. The molecule has 0 saturated heterocycles. The summed E-state index contributed by atoms with van der Waals surface area (Å²) in [6, 6.07) is 13.9. The predicted molar refractivity (Wildman–Crippen MR) is 83.0 cm³/mol. The molecule has 0 fully saturated rings. The van der Waals surface area contributed by atoms with Crippen LogP contribution in [-0.2, 0) is 0 Å². The number of anilines is 3. The molecular formula is C16H15FN4. The maximum atomic E-state index is 14.1. The second-order valence-corrected chi connectivity index (χ2v) is 4.64. The monoisotopic (exact) mass is 282 g/mol. The van der Waals surface area contributed by atoms with Crippen molar-refractivity contribution in [2.75, 3.05) is 17.2 Å². The minimum Gasteiger partial charge on any atom is -0.368 e. The number of nitrogens with two attached hydrogens (primary N) is 1. The first-order valence-corrected chi connectivity index (χ1v) is 6.74. The number of benzene rings is 2. The van der Waals surface area contributed by atoms with Gasteiger partial charge in [0, 0.05) is 11.9 Å². The van der Waals surface area contributed by atoms with E-state index in [0.717, 1.165) is 22.7 Å². The normalized spacial score (nSPS) is 10.8. The summed E-state index contributed by atoms with van der Waals surface area (Å²) in [5.41, 5.74) is 6.49. The van der Waals surface area contributed by atoms with Crippen molar-refractivity contribution in [2.24, 2.45) is 0 Å². The van der Waals surface area contributed by atoms with Gasteiger partial charge in [-0.15, -0.1) is 0 Å². The minimum atomic E-state index is -0.487. The molecule has 0 spiro atoms. The molecular weight excluding hydrogens is 267 g/mol. The summed E-state index contributed by atoms with van der Waals surface area (Å²) in [7, 11) is 0. The summed E-state index contributed by atoms with van der Waals surface area (Å²) in [5, 5.41) is 2.13. The molecule has 0 aliphatic heterocycles. The second kappa shape index (κ2) is 5.36. The highest BCUT2D eigenvalue weighted by molar-refractivity contribution is 5.95. The lowest BCUT2D eigenvalue weighted by molar-refractivity contribution is 0.612. The van der Waals surface area contributed by atoms with Crippen LogP contribution in [0.5, 0.6) is 0 Å². The van der Waals surface area contributed by atoms with Gasteiger partial charge in [-0.1, -0.05) is 36.4 Å². The standard InChI is InChI=1S/C16H15FN4/c1-2-21(15-13(17)10-19-16(18)20-15)14-9-5-7-11-6-3-4-8-12(11)14/h3-10H,2H2,1H3,(H2,18,19,20). The fraction of sp³-hybridized carbons (Fsp3) is 0.125. The molecule has 5 heteroatoms. The van der Waals surface area contributed by atoms with E-state index in [1.54, 1.807) is 4.90 Å². The predicted octanol–water partition coefficient (Wildman–Crippen LogP) is 3.51. The van der Waals surface area contributed by atoms with Gasteiger partial charge in [0.15, 0.2) is 11.6 Å². The van der Waals surface area contributed by atoms with Crippen molar-refractivity contribution in [1.82, 2.24) is 9.97 Å². The van der Waals surface area contributed by atoms with Crippen LogP contribution in [0.1, 0.15) is 6.92 Å². The van der Waals surface area contributed by atoms with Crippen molar-refractivity contribution in [1.29, 1.82) is 0 Å². The molecule has 0 amide bonds. The SMILES string of the molecule is CCN(c1nc(N)ncc1F)c1cccc2ccccc12. The number of rotatable bonds is 3. The molecule has 21 heavy (non-hydrogen) atoms. The van der Waals surface area contributed by atoms with Crippen LogP contribution in [0.15, 0.2) is 48.7 Å². The zero-order chi connectivity index (χ0) is 14.8. The van der Waals surface area contributed by atoms with Crippen LogP contribution >= 0.6 is 0 Å². The molecule has 0 aliphatic carbocycles. The first-order chi connectivity index (χ1) is 10.2. The molecule has 0 unspecified atom stereocenters. The lowest BCUT2D eigenvalue weighted by atomic mass is 10.1. The van der Waals surface area contributed by atoms with E-state index in [2.05, 4.69) is 9.97 Å². The first kappa shape index (κ1) is 13.3. The molecule has 2 N–H and O–H groups in total. The van der Waals surface area contributed by atoms with Gasteiger partial charge in [-0.3, -0.25) is 0 Å². The fourth-order valence-corrected chi connectivity index (χ4v) is 2.44. The smallest absolute Gasteiger partial charge is 0.222 e. The van der Waals surface area contributed by atoms with Crippen molar-refractivity contribution in [3.05, 3.63) is 54.5 Å². The Hall–Kier alpha value is -2.69. The topological polar surface area (TPSA) is 55.0 Å². The summed E-state index contributed by atoms with van der Waals surface area (Å²) < 4.78 is 14.1. The summed E-state index contributed by atoms with van der Waals surface area (Å²) in [6.45, 7) is 2.51. The maximum Gasteiger partial charge on any atom is 0.222 e. The Morgan fingerprint density at radius 1 is 1.14 bits per heavy atom. The van der Waals surface area contributed by atoms with Gasteiger partial charge in [-0.05, 0) is 18.4 Å². The molecule has 0 radical (unpaired) electrons. The van der Waals surface area contributed by atoms with E-state index in [9.17, 15) is 4.39 Å². The molecule has 0 atom stereocenters. The van der Waals surface area contributed by atoms with Crippen molar-refractivity contribution >= 4 is 28.2 Å². The Bertz CT molecular complexity index is 783. The van der Waals surface area contributed by atoms with Gasteiger partial charge in [0.1, 0.15) is 0 Å². The van der Waals surface area contributed by atoms with Crippen LogP contribution in [0.25, 0.3) is 10.8 Å². The summed E-state index contributed by atoms with van der Waals surface area (Å²) in [6.07, 6.45) is 1.10. The highest BCUT2D eigenvalue weighted by Crippen LogP contribution is 2.32. The summed E-state index contributed by atoms with van der Waals surface area (Å²) in [4.78, 5) is 9.52. The molecule has 3 aromatic rings. The van der Waals surface area contributed by atoms with Gasteiger partial charge < -0.3 is 10.6 Å². The Balaban J connectivity index is 2.21. The van der Waals surface area contributed by atoms with Crippen LogP contribution in [-0.4, -0.2) is 16.5 Å². The molecule has 3 rings (SSSR count). The minimum absolute atomic E-state index is 0.0603. The Kier molecular flexibility index (Phi) is 3.39. The van der Waals surface area contributed by atoms with E-state index < -0.39 is 5.82 Å². The largest absolute Gasteiger partial charge is 0.368 e. The van der Waals surface area contributed by atoms with Gasteiger partial charge in [0.2, 0.25) is 5.95 Å². The Morgan fingerprint density at radius 3 is 2.71 bits per heavy atom. The van der Waals surface area contributed by atoms with Gasteiger partial charge in [0.05, 0.1) is 11.9 Å². The molecule has 4 nitrogen and oxygen atoms in total. The summed E-state index contributed by atoms with van der Waals surface area (Å²) >= 11 is 0. The quantitative estimate of drug-likeness (QED) is 0.798. The van der Waals surface area contributed by atoms with E-state index in [-0.39, 0.29) is 11.8 Å². The number of halogens is 1. The van der Waals surface area contributed by atoms with Gasteiger partial charge in [-0.25, -0.2) is 9.37 Å². The second-order valence-electron chi connectivity index (χ2n) is 4.64. The molecule has 0 aliphatic rings. The van der Waals surface area contributed by atoms with Gasteiger partial charge in [0.25, 0.3) is 0 Å². The van der Waals surface area contributed by atoms with E-state index in [1.807, 2.05) is 49.4 Å². The average Bonchev–Trinajstić information content (AvgIpc) is 2.51. The van der Waals surface area contributed by atoms with Crippen molar-refractivity contribution in [3.8, 4) is 0 Å². The number of fused-ring (bicyclic) bond motifs is 1.